The lowest BCUT2D eigenvalue weighted by atomic mass is 10.3. The number of ether oxygens (including phenoxy) is 3. The van der Waals surface area contributed by atoms with Crippen LogP contribution >= 0.6 is 22.6 Å². The quantitative estimate of drug-likeness (QED) is 0.484. The first kappa shape index (κ1) is 20.0. The first-order valence-corrected chi connectivity index (χ1v) is 10.3. The van der Waals surface area contributed by atoms with Crippen molar-refractivity contribution in [3.8, 4) is 17.3 Å². The molecule has 0 aromatic carbocycles. The van der Waals surface area contributed by atoms with Crippen LogP contribution in [-0.2, 0) is 22.7 Å². The molecule has 29 heavy (non-hydrogen) atoms. The fraction of sp³-hybridized carbons (Fsp3) is 0.350. The molecule has 1 aliphatic heterocycles. The van der Waals surface area contributed by atoms with Crippen molar-refractivity contribution in [1.82, 2.24) is 15.0 Å². The Labute approximate surface area is 181 Å². The molecule has 1 saturated heterocycles. The maximum absolute atomic E-state index is 5.90. The normalized spacial score (nSPS) is 16.3. The van der Waals surface area contributed by atoms with Gasteiger partial charge in [-0.3, -0.25) is 4.98 Å². The Morgan fingerprint density at radius 1 is 1.14 bits per heavy atom. The molecule has 3 aromatic heterocycles. The molecule has 4 rings (SSSR count). The second-order valence-corrected chi connectivity index (χ2v) is 7.74. The average molecular weight is 508 g/mol. The van der Waals surface area contributed by atoms with Gasteiger partial charge in [0.15, 0.2) is 5.76 Å². The Morgan fingerprint density at radius 2 is 1.97 bits per heavy atom. The zero-order chi connectivity index (χ0) is 20.2. The molecule has 0 spiro atoms. The molecule has 0 unspecified atom stereocenters. The lowest BCUT2D eigenvalue weighted by Gasteiger charge is -2.12. The second kappa shape index (κ2) is 9.06. The van der Waals surface area contributed by atoms with E-state index in [4.69, 9.17) is 24.4 Å². The molecule has 152 valence electrons. The van der Waals surface area contributed by atoms with Crippen molar-refractivity contribution in [3.05, 3.63) is 51.1 Å². The Kier molecular flexibility index (Phi) is 6.26. The first-order chi connectivity index (χ1) is 14.1. The fourth-order valence-corrected chi connectivity index (χ4v) is 3.61. The van der Waals surface area contributed by atoms with Gasteiger partial charge in [0.1, 0.15) is 21.6 Å². The monoisotopic (exact) mass is 508 g/mol. The number of hydrogen-bond donors (Lipinski definition) is 1. The van der Waals surface area contributed by atoms with Crippen LogP contribution in [0.15, 0.2) is 34.7 Å². The van der Waals surface area contributed by atoms with Crippen molar-refractivity contribution in [3.63, 3.8) is 0 Å². The highest BCUT2D eigenvalue weighted by atomic mass is 127. The molecule has 0 saturated carbocycles. The summed E-state index contributed by atoms with van der Waals surface area (Å²) in [6.45, 7) is 3.98. The number of nitrogens with zero attached hydrogens (tertiary/aromatic N) is 3. The summed E-state index contributed by atoms with van der Waals surface area (Å²) in [6.07, 6.45) is 1.07. The van der Waals surface area contributed by atoms with E-state index < -0.39 is 0 Å². The van der Waals surface area contributed by atoms with Crippen molar-refractivity contribution in [2.24, 2.45) is 0 Å². The first-order valence-electron chi connectivity index (χ1n) is 9.25. The number of rotatable bonds is 7. The molecule has 1 fully saturated rings. The summed E-state index contributed by atoms with van der Waals surface area (Å²) in [5.41, 5.74) is 8.11. The summed E-state index contributed by atoms with van der Waals surface area (Å²) in [4.78, 5) is 13.1. The summed E-state index contributed by atoms with van der Waals surface area (Å²) in [5.74, 6) is 1.94. The SMILES string of the molecule is Cc1ccc(-c2nc(N)nc(OCc3cccc(CO[C@H]4CCOC4)n3)c2I)o1. The Morgan fingerprint density at radius 3 is 2.69 bits per heavy atom. The van der Waals surface area contributed by atoms with Gasteiger partial charge in [0.2, 0.25) is 11.8 Å². The third-order valence-corrected chi connectivity index (χ3v) is 5.36. The highest BCUT2D eigenvalue weighted by Gasteiger charge is 2.18. The molecule has 0 bridgehead atoms. The van der Waals surface area contributed by atoms with Crippen molar-refractivity contribution >= 4 is 28.5 Å². The van der Waals surface area contributed by atoms with Crippen LogP contribution in [-0.4, -0.2) is 34.3 Å². The van der Waals surface area contributed by atoms with Crippen molar-refractivity contribution in [2.45, 2.75) is 32.7 Å². The van der Waals surface area contributed by atoms with Crippen LogP contribution in [0.25, 0.3) is 11.5 Å². The minimum Gasteiger partial charge on any atom is -0.470 e. The van der Waals surface area contributed by atoms with E-state index in [1.165, 1.54) is 0 Å². The fourth-order valence-electron chi connectivity index (χ4n) is 2.94. The zero-order valence-electron chi connectivity index (χ0n) is 15.9. The topological polar surface area (TPSA) is 106 Å². The molecule has 3 aromatic rings. The van der Waals surface area contributed by atoms with Gasteiger partial charge in [0, 0.05) is 6.61 Å². The van der Waals surface area contributed by atoms with E-state index in [1.54, 1.807) is 0 Å². The summed E-state index contributed by atoms with van der Waals surface area (Å²) < 4.78 is 23.5. The number of pyridine rings is 1. The van der Waals surface area contributed by atoms with E-state index >= 15 is 0 Å². The number of hydrogen-bond acceptors (Lipinski definition) is 8. The number of furan rings is 1. The van der Waals surface area contributed by atoms with Crippen LogP contribution in [0.3, 0.4) is 0 Å². The maximum Gasteiger partial charge on any atom is 0.233 e. The van der Waals surface area contributed by atoms with Crippen LogP contribution < -0.4 is 10.5 Å². The summed E-state index contributed by atoms with van der Waals surface area (Å²) in [7, 11) is 0. The lowest BCUT2D eigenvalue weighted by Crippen LogP contribution is -2.13. The molecule has 2 N–H and O–H groups in total. The minimum absolute atomic E-state index is 0.123. The third kappa shape index (κ3) is 5.03. The zero-order valence-corrected chi connectivity index (χ0v) is 18.1. The molecule has 9 heteroatoms. The molecule has 0 aliphatic carbocycles. The van der Waals surface area contributed by atoms with Crippen molar-refractivity contribution in [1.29, 1.82) is 0 Å². The lowest BCUT2D eigenvalue weighted by molar-refractivity contribution is 0.0300. The predicted octanol–water partition coefficient (Wildman–Crippen LogP) is 3.51. The third-order valence-electron chi connectivity index (χ3n) is 4.39. The van der Waals surface area contributed by atoms with Crippen molar-refractivity contribution in [2.75, 3.05) is 18.9 Å². The van der Waals surface area contributed by atoms with Gasteiger partial charge in [-0.1, -0.05) is 6.07 Å². The van der Waals surface area contributed by atoms with Crippen LogP contribution in [0.4, 0.5) is 5.95 Å². The van der Waals surface area contributed by atoms with Crippen molar-refractivity contribution < 1.29 is 18.6 Å². The van der Waals surface area contributed by atoms with Crippen LogP contribution in [0.1, 0.15) is 23.6 Å². The standard InChI is InChI=1S/C20H21IN4O4/c1-12-5-6-16(29-12)18-17(21)19(25-20(22)24-18)28-10-14-4-2-3-13(23-14)9-27-15-7-8-26-11-15/h2-6,15H,7-11H2,1H3,(H2,22,24,25)/t15-/m0/s1. The van der Waals surface area contributed by atoms with Gasteiger partial charge in [-0.25, -0.2) is 4.98 Å². The molecule has 4 heterocycles. The minimum atomic E-state index is 0.123. The smallest absolute Gasteiger partial charge is 0.233 e. The van der Waals surface area contributed by atoms with Gasteiger partial charge in [0.05, 0.1) is 30.7 Å². The van der Waals surface area contributed by atoms with Gasteiger partial charge >= 0.3 is 0 Å². The number of aromatic nitrogens is 3. The predicted molar refractivity (Wildman–Crippen MR) is 114 cm³/mol. The Balaban J connectivity index is 1.45. The molecule has 0 radical (unpaired) electrons. The van der Waals surface area contributed by atoms with Gasteiger partial charge in [-0.15, -0.1) is 0 Å². The summed E-state index contributed by atoms with van der Waals surface area (Å²) in [5, 5.41) is 0. The summed E-state index contributed by atoms with van der Waals surface area (Å²) >= 11 is 2.14. The number of nitrogens with two attached hydrogens (primary N) is 1. The molecular formula is C20H21IN4O4. The van der Waals surface area contributed by atoms with E-state index in [0.29, 0.717) is 30.5 Å². The summed E-state index contributed by atoms with van der Waals surface area (Å²) in [6, 6.07) is 9.49. The highest BCUT2D eigenvalue weighted by Crippen LogP contribution is 2.31. The highest BCUT2D eigenvalue weighted by molar-refractivity contribution is 14.1. The van der Waals surface area contributed by atoms with Crippen LogP contribution in [0.5, 0.6) is 5.88 Å². The second-order valence-electron chi connectivity index (χ2n) is 6.67. The average Bonchev–Trinajstić information content (AvgIpc) is 3.39. The number of aryl methyl sites for hydroxylation is 1. The Hall–Kier alpha value is -2.24. The molecule has 1 aliphatic rings. The van der Waals surface area contributed by atoms with E-state index in [0.717, 1.165) is 33.7 Å². The van der Waals surface area contributed by atoms with E-state index in [9.17, 15) is 0 Å². The largest absolute Gasteiger partial charge is 0.470 e. The van der Waals surface area contributed by atoms with Gasteiger partial charge < -0.3 is 24.4 Å². The van der Waals surface area contributed by atoms with Crippen LogP contribution in [0.2, 0.25) is 0 Å². The van der Waals surface area contributed by atoms with Gasteiger partial charge in [-0.2, -0.15) is 4.98 Å². The van der Waals surface area contributed by atoms with Gasteiger partial charge in [-0.05, 0) is 60.2 Å². The van der Waals surface area contributed by atoms with Gasteiger partial charge in [0.25, 0.3) is 0 Å². The van der Waals surface area contributed by atoms with Crippen LogP contribution in [0, 0.1) is 10.5 Å². The van der Waals surface area contributed by atoms with E-state index in [1.807, 2.05) is 37.3 Å². The Bertz CT molecular complexity index is 988. The molecular weight excluding hydrogens is 487 g/mol. The molecule has 1 atom stereocenters. The molecule has 0 amide bonds. The number of anilines is 1. The number of nitrogen functional groups attached to an aromatic ring is 1. The number of halogens is 1. The van der Waals surface area contributed by atoms with E-state index in [-0.39, 0.29) is 18.7 Å². The maximum atomic E-state index is 5.90. The molecule has 8 nitrogen and oxygen atoms in total. The van der Waals surface area contributed by atoms with E-state index in [2.05, 4.69) is 37.5 Å².